The van der Waals surface area contributed by atoms with Gasteiger partial charge in [-0.15, -0.1) is 0 Å². The molecule has 0 spiro atoms. The van der Waals surface area contributed by atoms with E-state index in [-0.39, 0.29) is 5.82 Å². The van der Waals surface area contributed by atoms with Crippen molar-refractivity contribution < 1.29 is 9.13 Å². The number of ether oxygens (including phenoxy) is 1. The summed E-state index contributed by atoms with van der Waals surface area (Å²) in [7, 11) is 0. The van der Waals surface area contributed by atoms with E-state index >= 15 is 0 Å². The molecule has 2 fully saturated rings. The Kier molecular flexibility index (Phi) is 5.01. The molecule has 2 aliphatic rings. The average Bonchev–Trinajstić information content (AvgIpc) is 3.07. The van der Waals surface area contributed by atoms with Crippen molar-refractivity contribution in [1.29, 1.82) is 0 Å². The number of morpholine rings is 1. The normalized spacial score (nSPS) is 24.2. The van der Waals surface area contributed by atoms with Crippen molar-refractivity contribution >= 4 is 11.0 Å². The van der Waals surface area contributed by atoms with Crippen LogP contribution >= 0.6 is 0 Å². The van der Waals surface area contributed by atoms with Crippen LogP contribution in [0.4, 0.5) is 4.39 Å². The number of fused-ring (bicyclic) bond motifs is 1. The van der Waals surface area contributed by atoms with Gasteiger partial charge in [0.25, 0.3) is 0 Å². The van der Waals surface area contributed by atoms with Crippen molar-refractivity contribution in [2.75, 3.05) is 45.9 Å². The zero-order valence-corrected chi connectivity index (χ0v) is 14.9. The Morgan fingerprint density at radius 2 is 2.08 bits per heavy atom. The van der Waals surface area contributed by atoms with Crippen LogP contribution in [0.25, 0.3) is 11.0 Å². The third kappa shape index (κ3) is 3.71. The van der Waals surface area contributed by atoms with E-state index in [4.69, 9.17) is 4.74 Å². The van der Waals surface area contributed by atoms with Crippen LogP contribution in [0.5, 0.6) is 0 Å². The Morgan fingerprint density at radius 1 is 1.24 bits per heavy atom. The van der Waals surface area contributed by atoms with Crippen molar-refractivity contribution in [3.05, 3.63) is 29.8 Å². The van der Waals surface area contributed by atoms with Gasteiger partial charge >= 0.3 is 0 Å². The van der Waals surface area contributed by atoms with Crippen molar-refractivity contribution in [3.63, 3.8) is 0 Å². The molecule has 2 saturated heterocycles. The highest BCUT2D eigenvalue weighted by Gasteiger charge is 2.25. The number of aromatic amines is 1. The highest BCUT2D eigenvalue weighted by atomic mass is 19.1. The van der Waals surface area contributed by atoms with E-state index in [1.165, 1.54) is 6.07 Å². The predicted octanol–water partition coefficient (Wildman–Crippen LogP) is 2.60. The third-order valence-corrected chi connectivity index (χ3v) is 5.66. The summed E-state index contributed by atoms with van der Waals surface area (Å²) in [6.45, 7) is 9.40. The monoisotopic (exact) mass is 346 g/mol. The molecule has 0 aliphatic carbocycles. The van der Waals surface area contributed by atoms with Crippen molar-refractivity contribution in [1.82, 2.24) is 19.8 Å². The number of nitrogens with zero attached hydrogens (tertiary/aromatic N) is 3. The first-order valence-corrected chi connectivity index (χ1v) is 9.39. The second-order valence-electron chi connectivity index (χ2n) is 7.33. The Bertz CT molecular complexity index is 711. The van der Waals surface area contributed by atoms with Gasteiger partial charge in [-0.3, -0.25) is 4.90 Å². The molecule has 0 radical (unpaired) electrons. The fraction of sp³-hybridized carbons (Fsp3) is 0.632. The van der Waals surface area contributed by atoms with E-state index in [1.54, 1.807) is 6.07 Å². The van der Waals surface area contributed by atoms with Gasteiger partial charge in [0.2, 0.25) is 0 Å². The molecule has 0 amide bonds. The number of benzene rings is 1. The van der Waals surface area contributed by atoms with Crippen LogP contribution in [0.2, 0.25) is 0 Å². The number of hydrogen-bond acceptors (Lipinski definition) is 4. The number of nitrogens with one attached hydrogen (secondary N) is 1. The number of piperidine rings is 1. The molecule has 25 heavy (non-hydrogen) atoms. The van der Waals surface area contributed by atoms with Gasteiger partial charge in [-0.25, -0.2) is 9.37 Å². The summed E-state index contributed by atoms with van der Waals surface area (Å²) in [5.74, 6) is 1.11. The molecule has 0 saturated carbocycles. The van der Waals surface area contributed by atoms with Crippen LogP contribution in [0.15, 0.2) is 18.2 Å². The van der Waals surface area contributed by atoms with Crippen molar-refractivity contribution in [3.8, 4) is 0 Å². The van der Waals surface area contributed by atoms with Crippen LogP contribution in [0, 0.1) is 5.82 Å². The summed E-state index contributed by atoms with van der Waals surface area (Å²) in [6, 6.07) is 5.63. The van der Waals surface area contributed by atoms with Crippen LogP contribution in [-0.4, -0.2) is 71.7 Å². The van der Waals surface area contributed by atoms with Crippen LogP contribution < -0.4 is 0 Å². The van der Waals surface area contributed by atoms with Gasteiger partial charge < -0.3 is 14.6 Å². The molecule has 4 rings (SSSR count). The lowest BCUT2D eigenvalue weighted by Crippen LogP contribution is -2.47. The average molecular weight is 346 g/mol. The lowest BCUT2D eigenvalue weighted by Gasteiger charge is -2.36. The van der Waals surface area contributed by atoms with Gasteiger partial charge in [0, 0.05) is 31.6 Å². The molecule has 1 N–H and O–H groups in total. The molecular weight excluding hydrogens is 319 g/mol. The van der Waals surface area contributed by atoms with Gasteiger partial charge in [0.15, 0.2) is 5.82 Å². The smallest absolute Gasteiger partial charge is 0.151 e. The molecule has 1 aromatic heterocycles. The molecule has 6 heteroatoms. The molecule has 136 valence electrons. The van der Waals surface area contributed by atoms with Crippen LogP contribution in [0.1, 0.15) is 31.5 Å². The van der Waals surface area contributed by atoms with Gasteiger partial charge in [-0.05, 0) is 45.0 Å². The van der Waals surface area contributed by atoms with E-state index < -0.39 is 0 Å². The number of hydrogen-bond donors (Lipinski definition) is 1. The zero-order valence-electron chi connectivity index (χ0n) is 14.9. The summed E-state index contributed by atoms with van der Waals surface area (Å²) in [4.78, 5) is 12.9. The summed E-state index contributed by atoms with van der Waals surface area (Å²) < 4.78 is 19.3. The summed E-state index contributed by atoms with van der Waals surface area (Å²) >= 11 is 0. The predicted molar refractivity (Wildman–Crippen MR) is 96.3 cm³/mol. The topological polar surface area (TPSA) is 44.4 Å². The van der Waals surface area contributed by atoms with E-state index in [9.17, 15) is 4.39 Å². The SMILES string of the molecule is C[C@H]1COCCN1CCN1CCC(c2nc3c(F)cccc3[nH]2)CC1. The molecule has 1 aromatic carbocycles. The number of H-pyrrole nitrogens is 1. The molecular formula is C19H27FN4O. The summed E-state index contributed by atoms with van der Waals surface area (Å²) in [5.41, 5.74) is 1.28. The maximum atomic E-state index is 13.8. The largest absolute Gasteiger partial charge is 0.379 e. The number of imidazole rings is 1. The number of halogens is 1. The Balaban J connectivity index is 1.31. The van der Waals surface area contributed by atoms with E-state index in [0.717, 1.165) is 70.1 Å². The minimum Gasteiger partial charge on any atom is -0.379 e. The molecule has 3 heterocycles. The quantitative estimate of drug-likeness (QED) is 0.924. The maximum absolute atomic E-state index is 13.8. The summed E-state index contributed by atoms with van der Waals surface area (Å²) in [5, 5.41) is 0. The van der Waals surface area contributed by atoms with Crippen LogP contribution in [-0.2, 0) is 4.74 Å². The molecule has 1 atom stereocenters. The lowest BCUT2D eigenvalue weighted by atomic mass is 9.96. The van der Waals surface area contributed by atoms with Gasteiger partial charge in [-0.1, -0.05) is 6.07 Å². The highest BCUT2D eigenvalue weighted by Crippen LogP contribution is 2.28. The molecule has 2 aliphatic heterocycles. The second-order valence-corrected chi connectivity index (χ2v) is 7.33. The first kappa shape index (κ1) is 16.9. The van der Waals surface area contributed by atoms with Crippen LogP contribution in [0.3, 0.4) is 0 Å². The lowest BCUT2D eigenvalue weighted by molar-refractivity contribution is -0.00490. The Hall–Kier alpha value is -1.50. The number of aromatic nitrogens is 2. The van der Waals surface area contributed by atoms with E-state index in [2.05, 4.69) is 26.7 Å². The highest BCUT2D eigenvalue weighted by molar-refractivity contribution is 5.75. The summed E-state index contributed by atoms with van der Waals surface area (Å²) in [6.07, 6.45) is 2.17. The van der Waals surface area contributed by atoms with Crippen molar-refractivity contribution in [2.45, 2.75) is 31.7 Å². The molecule has 5 nitrogen and oxygen atoms in total. The zero-order chi connectivity index (χ0) is 17.2. The Labute approximate surface area is 148 Å². The molecule has 0 unspecified atom stereocenters. The number of para-hydroxylation sites is 1. The van der Waals surface area contributed by atoms with Crippen molar-refractivity contribution in [2.24, 2.45) is 0 Å². The number of likely N-dealkylation sites (tertiary alicyclic amines) is 1. The maximum Gasteiger partial charge on any atom is 0.151 e. The minimum atomic E-state index is -0.239. The first-order chi connectivity index (χ1) is 12.2. The standard InChI is InChI=1S/C19H27FN4O/c1-14-13-25-12-11-24(14)10-9-23-7-5-15(6-8-23)19-21-17-4-2-3-16(20)18(17)22-19/h2-4,14-15H,5-13H2,1H3,(H,21,22)/t14-/m0/s1. The minimum absolute atomic E-state index is 0.239. The fourth-order valence-corrected chi connectivity index (χ4v) is 4.00. The fourth-order valence-electron chi connectivity index (χ4n) is 4.00. The molecule has 0 bridgehead atoms. The van der Waals surface area contributed by atoms with Gasteiger partial charge in [0.1, 0.15) is 11.3 Å². The third-order valence-electron chi connectivity index (χ3n) is 5.66. The van der Waals surface area contributed by atoms with E-state index in [1.807, 2.05) is 6.07 Å². The van der Waals surface area contributed by atoms with E-state index in [0.29, 0.717) is 17.5 Å². The van der Waals surface area contributed by atoms with Gasteiger partial charge in [-0.2, -0.15) is 0 Å². The Morgan fingerprint density at radius 3 is 2.84 bits per heavy atom. The number of rotatable bonds is 4. The van der Waals surface area contributed by atoms with Gasteiger partial charge in [0.05, 0.1) is 18.7 Å². The first-order valence-electron chi connectivity index (χ1n) is 9.39. The second kappa shape index (κ2) is 7.40. The molecule has 2 aromatic rings.